The summed E-state index contributed by atoms with van der Waals surface area (Å²) in [5.41, 5.74) is 0.666. The number of thiocarbonyl (C=S) groups is 1. The zero-order chi connectivity index (χ0) is 11.2. The molecule has 0 aliphatic rings. The lowest BCUT2D eigenvalue weighted by molar-refractivity contribution is 0.228. The quantitative estimate of drug-likeness (QED) is 0.765. The first kappa shape index (κ1) is 10.6. The molecule has 82 valence electrons. The lowest BCUT2D eigenvalue weighted by atomic mass is 10.3. The molecule has 0 fully saturated rings. The molecule has 1 aromatic carbocycles. The Morgan fingerprint density at radius 1 is 1.25 bits per heavy atom. The van der Waals surface area contributed by atoms with E-state index in [-0.39, 0.29) is 11.8 Å². The van der Waals surface area contributed by atoms with Crippen molar-refractivity contribution in [2.45, 2.75) is 6.61 Å². The summed E-state index contributed by atoms with van der Waals surface area (Å²) in [6.45, 7) is 0.238. The fraction of sp³-hybridized carbons (Fsp3) is 0.0909. The van der Waals surface area contributed by atoms with Crippen LogP contribution in [0.1, 0.15) is 5.69 Å². The summed E-state index contributed by atoms with van der Waals surface area (Å²) in [6, 6.07) is 10.9. The van der Waals surface area contributed by atoms with Crippen LogP contribution in [-0.4, -0.2) is 10.4 Å². The fourth-order valence-electron chi connectivity index (χ4n) is 1.06. The largest absolute Gasteiger partial charge is 0.450 e. The van der Waals surface area contributed by atoms with Gasteiger partial charge < -0.3 is 14.0 Å². The molecular weight excluding hydrogens is 226 g/mol. The van der Waals surface area contributed by atoms with E-state index in [1.54, 1.807) is 18.2 Å². The SMILES string of the molecule is S=C(OCc1ccon1)Oc1ccccc1. The molecule has 1 heterocycles. The van der Waals surface area contributed by atoms with Crippen LogP contribution in [0.3, 0.4) is 0 Å². The minimum absolute atomic E-state index is 0.0641. The van der Waals surface area contributed by atoms with Crippen LogP contribution in [-0.2, 0) is 11.3 Å². The number of nitrogens with zero attached hydrogens (tertiary/aromatic N) is 1. The van der Waals surface area contributed by atoms with Crippen molar-refractivity contribution >= 4 is 17.5 Å². The van der Waals surface area contributed by atoms with Gasteiger partial charge in [-0.3, -0.25) is 0 Å². The fourth-order valence-corrected chi connectivity index (χ4v) is 1.21. The molecule has 4 nitrogen and oxygen atoms in total. The Bertz CT molecular complexity index is 442. The van der Waals surface area contributed by atoms with E-state index in [0.717, 1.165) is 0 Å². The summed E-state index contributed by atoms with van der Waals surface area (Å²) in [6.07, 6.45) is 1.47. The van der Waals surface area contributed by atoms with Crippen LogP contribution in [0.25, 0.3) is 0 Å². The molecule has 2 aromatic rings. The van der Waals surface area contributed by atoms with Crippen LogP contribution < -0.4 is 4.74 Å². The van der Waals surface area contributed by atoms with Crippen LogP contribution >= 0.6 is 12.2 Å². The van der Waals surface area contributed by atoms with Crippen LogP contribution in [0.5, 0.6) is 5.75 Å². The molecular formula is C11H9NO3S. The molecule has 5 heteroatoms. The van der Waals surface area contributed by atoms with E-state index in [4.69, 9.17) is 21.7 Å². The standard InChI is InChI=1S/C11H9NO3S/c16-11(13-8-9-6-7-14-12-9)15-10-4-2-1-3-5-10/h1-7H,8H2. The van der Waals surface area contributed by atoms with Gasteiger partial charge in [0.05, 0.1) is 0 Å². The average molecular weight is 235 g/mol. The van der Waals surface area contributed by atoms with Crippen molar-refractivity contribution < 1.29 is 14.0 Å². The maximum Gasteiger partial charge on any atom is 0.358 e. The highest BCUT2D eigenvalue weighted by molar-refractivity contribution is 7.79. The van der Waals surface area contributed by atoms with Gasteiger partial charge in [0.25, 0.3) is 0 Å². The van der Waals surface area contributed by atoms with Gasteiger partial charge >= 0.3 is 5.24 Å². The molecule has 0 aliphatic heterocycles. The van der Waals surface area contributed by atoms with Crippen LogP contribution in [0.2, 0.25) is 0 Å². The normalized spacial score (nSPS) is 9.75. The Morgan fingerprint density at radius 3 is 2.75 bits per heavy atom. The Morgan fingerprint density at radius 2 is 2.06 bits per heavy atom. The number of para-hydroxylation sites is 1. The Balaban J connectivity index is 1.81. The Kier molecular flexibility index (Phi) is 3.50. The molecule has 0 N–H and O–H groups in total. The van der Waals surface area contributed by atoms with Crippen molar-refractivity contribution in [3.8, 4) is 5.75 Å². The Labute approximate surface area is 97.8 Å². The number of aromatic nitrogens is 1. The number of rotatable bonds is 3. The summed E-state index contributed by atoms with van der Waals surface area (Å²) in [4.78, 5) is 0. The third kappa shape index (κ3) is 3.06. The Hall–Kier alpha value is -1.88. The van der Waals surface area contributed by atoms with E-state index in [2.05, 4.69) is 9.68 Å². The first-order chi connectivity index (χ1) is 7.84. The molecule has 0 saturated carbocycles. The van der Waals surface area contributed by atoms with Crippen LogP contribution in [0.4, 0.5) is 0 Å². The summed E-state index contributed by atoms with van der Waals surface area (Å²) < 4.78 is 15.1. The molecule has 1 aromatic heterocycles. The van der Waals surface area contributed by atoms with Crippen molar-refractivity contribution in [1.29, 1.82) is 0 Å². The lowest BCUT2D eigenvalue weighted by Crippen LogP contribution is -2.10. The van der Waals surface area contributed by atoms with Crippen molar-refractivity contribution in [2.75, 3.05) is 0 Å². The molecule has 0 atom stereocenters. The van der Waals surface area contributed by atoms with Gasteiger partial charge in [0.15, 0.2) is 0 Å². The summed E-state index contributed by atoms with van der Waals surface area (Å²) >= 11 is 4.91. The maximum absolute atomic E-state index is 5.26. The molecule has 0 saturated heterocycles. The van der Waals surface area contributed by atoms with E-state index in [1.165, 1.54) is 6.26 Å². The second-order valence-corrected chi connectivity index (χ2v) is 3.28. The summed E-state index contributed by atoms with van der Waals surface area (Å²) in [5.74, 6) is 0.646. The summed E-state index contributed by atoms with van der Waals surface area (Å²) in [7, 11) is 0. The van der Waals surface area contributed by atoms with Gasteiger partial charge in [0.1, 0.15) is 24.3 Å². The maximum atomic E-state index is 5.26. The molecule has 0 amide bonds. The first-order valence-corrected chi connectivity index (χ1v) is 5.04. The number of ether oxygens (including phenoxy) is 2. The van der Waals surface area contributed by atoms with Gasteiger partial charge in [0, 0.05) is 18.3 Å². The summed E-state index contributed by atoms with van der Waals surface area (Å²) in [5, 5.41) is 3.74. The second kappa shape index (κ2) is 5.27. The number of benzene rings is 1. The topological polar surface area (TPSA) is 44.5 Å². The minimum Gasteiger partial charge on any atom is -0.450 e. The lowest BCUT2D eigenvalue weighted by Gasteiger charge is -2.06. The highest BCUT2D eigenvalue weighted by Gasteiger charge is 2.03. The van der Waals surface area contributed by atoms with Crippen LogP contribution in [0, 0.1) is 0 Å². The van der Waals surface area contributed by atoms with Gasteiger partial charge in [-0.15, -0.1) is 0 Å². The van der Waals surface area contributed by atoms with E-state index in [9.17, 15) is 0 Å². The highest BCUT2D eigenvalue weighted by Crippen LogP contribution is 2.09. The molecule has 0 unspecified atom stereocenters. The van der Waals surface area contributed by atoms with Gasteiger partial charge in [-0.05, 0) is 12.1 Å². The van der Waals surface area contributed by atoms with E-state index < -0.39 is 0 Å². The molecule has 0 radical (unpaired) electrons. The van der Waals surface area contributed by atoms with E-state index >= 15 is 0 Å². The zero-order valence-electron chi connectivity index (χ0n) is 8.33. The van der Waals surface area contributed by atoms with Crippen molar-refractivity contribution in [3.05, 3.63) is 48.4 Å². The van der Waals surface area contributed by atoms with E-state index in [0.29, 0.717) is 11.4 Å². The van der Waals surface area contributed by atoms with E-state index in [1.807, 2.05) is 18.2 Å². The van der Waals surface area contributed by atoms with Crippen molar-refractivity contribution in [1.82, 2.24) is 5.16 Å². The molecule has 2 rings (SSSR count). The second-order valence-electron chi connectivity index (χ2n) is 2.94. The monoisotopic (exact) mass is 235 g/mol. The van der Waals surface area contributed by atoms with Gasteiger partial charge in [0.2, 0.25) is 0 Å². The average Bonchev–Trinajstić information content (AvgIpc) is 2.81. The van der Waals surface area contributed by atoms with Gasteiger partial charge in [-0.1, -0.05) is 23.4 Å². The molecule has 0 spiro atoms. The predicted molar refractivity (Wildman–Crippen MR) is 61.0 cm³/mol. The zero-order valence-corrected chi connectivity index (χ0v) is 9.15. The minimum atomic E-state index is 0.0641. The van der Waals surface area contributed by atoms with Crippen molar-refractivity contribution in [2.24, 2.45) is 0 Å². The number of hydrogen-bond donors (Lipinski definition) is 0. The predicted octanol–water partition coefficient (Wildman–Crippen LogP) is 2.56. The number of hydrogen-bond acceptors (Lipinski definition) is 5. The third-order valence-electron chi connectivity index (χ3n) is 1.77. The smallest absolute Gasteiger partial charge is 0.358 e. The highest BCUT2D eigenvalue weighted by atomic mass is 32.1. The third-order valence-corrected chi connectivity index (χ3v) is 1.97. The molecule has 16 heavy (non-hydrogen) atoms. The first-order valence-electron chi connectivity index (χ1n) is 4.63. The van der Waals surface area contributed by atoms with Gasteiger partial charge in [-0.25, -0.2) is 0 Å². The van der Waals surface area contributed by atoms with Crippen LogP contribution in [0.15, 0.2) is 47.2 Å². The van der Waals surface area contributed by atoms with Gasteiger partial charge in [-0.2, -0.15) is 0 Å². The molecule has 0 bridgehead atoms. The van der Waals surface area contributed by atoms with Crippen molar-refractivity contribution in [3.63, 3.8) is 0 Å². The molecule has 0 aliphatic carbocycles.